The van der Waals surface area contributed by atoms with Crippen molar-refractivity contribution in [2.45, 2.75) is 38.9 Å². The van der Waals surface area contributed by atoms with Crippen molar-refractivity contribution in [1.29, 1.82) is 0 Å². The van der Waals surface area contributed by atoms with Crippen molar-refractivity contribution in [1.82, 2.24) is 14.8 Å². The number of thioether (sulfide) groups is 1. The summed E-state index contributed by atoms with van der Waals surface area (Å²) in [6, 6.07) is 16.2. The lowest BCUT2D eigenvalue weighted by atomic mass is 10.1. The summed E-state index contributed by atoms with van der Waals surface area (Å²) in [6.45, 7) is 6.97. The van der Waals surface area contributed by atoms with Crippen LogP contribution in [0.25, 0.3) is 11.4 Å². The van der Waals surface area contributed by atoms with Crippen LogP contribution in [0.4, 0.5) is 5.69 Å². The highest BCUT2D eigenvalue weighted by molar-refractivity contribution is 7.99. The van der Waals surface area contributed by atoms with Gasteiger partial charge in [0.1, 0.15) is 0 Å². The predicted octanol–water partition coefficient (Wildman–Crippen LogP) is 4.57. The normalized spacial score (nSPS) is 10.8. The Hall–Kier alpha value is -2.60. The van der Waals surface area contributed by atoms with Crippen LogP contribution in [0.15, 0.2) is 53.7 Å². The number of rotatable bonds is 7. The molecule has 0 bridgehead atoms. The van der Waals surface area contributed by atoms with E-state index in [0.717, 1.165) is 35.2 Å². The van der Waals surface area contributed by atoms with Gasteiger partial charge in [0, 0.05) is 17.8 Å². The zero-order valence-electron chi connectivity index (χ0n) is 15.9. The number of anilines is 1. The first-order valence-electron chi connectivity index (χ1n) is 9.12. The van der Waals surface area contributed by atoms with Crippen molar-refractivity contribution in [3.8, 4) is 11.4 Å². The van der Waals surface area contributed by atoms with Crippen molar-refractivity contribution in [3.63, 3.8) is 0 Å². The molecule has 0 saturated carbocycles. The van der Waals surface area contributed by atoms with Gasteiger partial charge in [-0.05, 0) is 38.0 Å². The SMILES string of the molecule is CCc1ccc(NC(=O)CSc2nnc(-c3ccc(C)cc3)n2CC)cc1. The van der Waals surface area contributed by atoms with Gasteiger partial charge in [0.15, 0.2) is 11.0 Å². The van der Waals surface area contributed by atoms with Crippen LogP contribution in [0.5, 0.6) is 0 Å². The minimum Gasteiger partial charge on any atom is -0.325 e. The molecule has 0 aliphatic carbocycles. The maximum atomic E-state index is 12.3. The lowest BCUT2D eigenvalue weighted by Gasteiger charge is -2.08. The first kappa shape index (κ1) is 19.2. The minimum atomic E-state index is -0.0493. The second-order valence-electron chi connectivity index (χ2n) is 6.30. The van der Waals surface area contributed by atoms with E-state index in [0.29, 0.717) is 5.75 Å². The third kappa shape index (κ3) is 4.77. The Morgan fingerprint density at radius 2 is 1.74 bits per heavy atom. The second kappa shape index (κ2) is 8.86. The molecule has 0 aliphatic heterocycles. The molecule has 6 heteroatoms. The summed E-state index contributed by atoms with van der Waals surface area (Å²) in [6.07, 6.45) is 0.986. The first-order chi connectivity index (χ1) is 13.1. The molecule has 140 valence electrons. The molecule has 0 saturated heterocycles. The van der Waals surface area contributed by atoms with Gasteiger partial charge in [-0.15, -0.1) is 10.2 Å². The molecule has 0 aliphatic rings. The standard InChI is InChI=1S/C21H24N4OS/c1-4-16-8-12-18(13-9-16)22-19(26)14-27-21-24-23-20(25(21)5-2)17-10-6-15(3)7-11-17/h6-13H,4-5,14H2,1-3H3,(H,22,26). The largest absolute Gasteiger partial charge is 0.325 e. The molecule has 0 unspecified atom stereocenters. The smallest absolute Gasteiger partial charge is 0.234 e. The van der Waals surface area contributed by atoms with Gasteiger partial charge in [-0.3, -0.25) is 4.79 Å². The zero-order valence-corrected chi connectivity index (χ0v) is 16.7. The highest BCUT2D eigenvalue weighted by Crippen LogP contribution is 2.24. The summed E-state index contributed by atoms with van der Waals surface area (Å²) in [5.74, 6) is 1.07. The Bertz CT molecular complexity index is 901. The average molecular weight is 381 g/mol. The summed E-state index contributed by atoms with van der Waals surface area (Å²) in [7, 11) is 0. The van der Waals surface area contributed by atoms with E-state index in [4.69, 9.17) is 0 Å². The van der Waals surface area contributed by atoms with Gasteiger partial charge in [0.25, 0.3) is 0 Å². The molecular weight excluding hydrogens is 356 g/mol. The first-order valence-corrected chi connectivity index (χ1v) is 10.1. The summed E-state index contributed by atoms with van der Waals surface area (Å²) in [5, 5.41) is 12.3. The van der Waals surface area contributed by atoms with Gasteiger partial charge >= 0.3 is 0 Å². The van der Waals surface area contributed by atoms with Crippen molar-refractivity contribution in [3.05, 3.63) is 59.7 Å². The fourth-order valence-electron chi connectivity index (χ4n) is 2.75. The third-order valence-electron chi connectivity index (χ3n) is 4.32. The number of nitrogens with one attached hydrogen (secondary N) is 1. The molecule has 3 aromatic rings. The number of hydrogen-bond acceptors (Lipinski definition) is 4. The van der Waals surface area contributed by atoms with E-state index < -0.39 is 0 Å². The monoisotopic (exact) mass is 380 g/mol. The Morgan fingerprint density at radius 1 is 1.04 bits per heavy atom. The maximum absolute atomic E-state index is 12.3. The van der Waals surface area contributed by atoms with E-state index in [2.05, 4.69) is 48.4 Å². The molecule has 27 heavy (non-hydrogen) atoms. The van der Waals surface area contributed by atoms with Crippen LogP contribution >= 0.6 is 11.8 Å². The van der Waals surface area contributed by atoms with Crippen LogP contribution in [-0.4, -0.2) is 26.4 Å². The van der Waals surface area contributed by atoms with Crippen LogP contribution < -0.4 is 5.32 Å². The van der Waals surface area contributed by atoms with E-state index in [1.54, 1.807) is 0 Å². The molecule has 0 atom stereocenters. The van der Waals surface area contributed by atoms with Gasteiger partial charge in [-0.1, -0.05) is 60.6 Å². The van der Waals surface area contributed by atoms with Gasteiger partial charge < -0.3 is 9.88 Å². The van der Waals surface area contributed by atoms with Crippen molar-refractivity contribution in [2.24, 2.45) is 0 Å². The highest BCUT2D eigenvalue weighted by Gasteiger charge is 2.14. The van der Waals surface area contributed by atoms with Gasteiger partial charge in [0.05, 0.1) is 5.75 Å². The van der Waals surface area contributed by atoms with E-state index in [9.17, 15) is 4.79 Å². The van der Waals surface area contributed by atoms with Crippen LogP contribution in [0, 0.1) is 6.92 Å². The molecule has 2 aromatic carbocycles. The molecule has 3 rings (SSSR count). The van der Waals surface area contributed by atoms with Crippen LogP contribution in [0.3, 0.4) is 0 Å². The predicted molar refractivity (Wildman–Crippen MR) is 111 cm³/mol. The molecule has 1 aromatic heterocycles. The van der Waals surface area contributed by atoms with Gasteiger partial charge in [0.2, 0.25) is 5.91 Å². The van der Waals surface area contributed by atoms with E-state index >= 15 is 0 Å². The fourth-order valence-corrected chi connectivity index (χ4v) is 3.55. The Labute approximate surface area is 164 Å². The van der Waals surface area contributed by atoms with Crippen LogP contribution in [-0.2, 0) is 17.8 Å². The Morgan fingerprint density at radius 3 is 2.37 bits per heavy atom. The average Bonchev–Trinajstić information content (AvgIpc) is 3.10. The zero-order chi connectivity index (χ0) is 19.2. The van der Waals surface area contributed by atoms with Crippen LogP contribution in [0.2, 0.25) is 0 Å². The fraction of sp³-hybridized carbons (Fsp3) is 0.286. The maximum Gasteiger partial charge on any atom is 0.234 e. The van der Waals surface area contributed by atoms with Gasteiger partial charge in [-0.2, -0.15) is 0 Å². The molecule has 1 heterocycles. The second-order valence-corrected chi connectivity index (χ2v) is 7.25. The van der Waals surface area contributed by atoms with E-state index in [-0.39, 0.29) is 5.91 Å². The van der Waals surface area contributed by atoms with E-state index in [1.165, 1.54) is 22.9 Å². The molecule has 0 radical (unpaired) electrons. The number of hydrogen-bond donors (Lipinski definition) is 1. The summed E-state index contributed by atoms with van der Waals surface area (Å²) < 4.78 is 2.04. The topological polar surface area (TPSA) is 59.8 Å². The Kier molecular flexibility index (Phi) is 6.29. The number of nitrogens with zero attached hydrogens (tertiary/aromatic N) is 3. The van der Waals surface area contributed by atoms with Crippen LogP contribution in [0.1, 0.15) is 25.0 Å². The van der Waals surface area contributed by atoms with E-state index in [1.807, 2.05) is 41.0 Å². The lowest BCUT2D eigenvalue weighted by Crippen LogP contribution is -2.14. The number of carbonyl (C=O) groups excluding carboxylic acids is 1. The van der Waals surface area contributed by atoms with Crippen molar-refractivity contribution in [2.75, 3.05) is 11.1 Å². The molecule has 1 N–H and O–H groups in total. The third-order valence-corrected chi connectivity index (χ3v) is 5.29. The highest BCUT2D eigenvalue weighted by atomic mass is 32.2. The summed E-state index contributed by atoms with van der Waals surface area (Å²) in [4.78, 5) is 12.3. The lowest BCUT2D eigenvalue weighted by molar-refractivity contribution is -0.113. The number of benzene rings is 2. The molecule has 0 fully saturated rings. The number of amides is 1. The number of aryl methyl sites for hydroxylation is 2. The van der Waals surface area contributed by atoms with Crippen molar-refractivity contribution >= 4 is 23.4 Å². The number of aromatic nitrogens is 3. The summed E-state index contributed by atoms with van der Waals surface area (Å²) in [5.41, 5.74) is 4.30. The Balaban J connectivity index is 1.65. The minimum absolute atomic E-state index is 0.0493. The summed E-state index contributed by atoms with van der Waals surface area (Å²) >= 11 is 1.40. The van der Waals surface area contributed by atoms with Crippen molar-refractivity contribution < 1.29 is 4.79 Å². The molecule has 5 nitrogen and oxygen atoms in total. The van der Waals surface area contributed by atoms with Gasteiger partial charge in [-0.25, -0.2) is 0 Å². The number of carbonyl (C=O) groups is 1. The molecule has 1 amide bonds. The quantitative estimate of drug-likeness (QED) is 0.610. The molecular formula is C21H24N4OS. The molecule has 0 spiro atoms.